The van der Waals surface area contributed by atoms with E-state index in [1.54, 1.807) is 13.3 Å². The number of anilines is 1. The molecule has 158 valence electrons. The summed E-state index contributed by atoms with van der Waals surface area (Å²) in [6.07, 6.45) is 8.13. The largest absolute Gasteiger partial charge is 0.495 e. The standard InChI is InChI=1S/C22H29N7O/c1-22(2)10-14(11-22)20-18(30-3)9-19-25-13-17(29(19)28-20)16-6-8-24-21(27-16)26-15-5-4-7-23-12-15/h6,8-9,13-15,23H,4-5,7,10-12H2,1-3H3,(H,24,26,27). The number of aromatic nitrogens is 5. The number of imidazole rings is 1. The highest BCUT2D eigenvalue weighted by Gasteiger charge is 2.39. The average Bonchev–Trinajstić information content (AvgIpc) is 3.15. The second-order valence-electron chi connectivity index (χ2n) is 9.23. The van der Waals surface area contributed by atoms with Crippen molar-refractivity contribution in [2.75, 3.05) is 25.5 Å². The summed E-state index contributed by atoms with van der Waals surface area (Å²) in [5.41, 5.74) is 3.80. The summed E-state index contributed by atoms with van der Waals surface area (Å²) in [6.45, 7) is 6.62. The molecular weight excluding hydrogens is 378 g/mol. The Hall–Kier alpha value is -2.74. The third-order valence-corrected chi connectivity index (χ3v) is 6.24. The summed E-state index contributed by atoms with van der Waals surface area (Å²) in [6, 6.07) is 4.24. The van der Waals surface area contributed by atoms with Gasteiger partial charge in [0.1, 0.15) is 17.1 Å². The summed E-state index contributed by atoms with van der Waals surface area (Å²) in [5, 5.41) is 11.8. The Morgan fingerprint density at radius 1 is 1.27 bits per heavy atom. The normalized spacial score (nSPS) is 21.4. The van der Waals surface area contributed by atoms with E-state index in [4.69, 9.17) is 14.8 Å². The predicted molar refractivity (Wildman–Crippen MR) is 116 cm³/mol. The minimum absolute atomic E-state index is 0.354. The summed E-state index contributed by atoms with van der Waals surface area (Å²) in [7, 11) is 1.70. The van der Waals surface area contributed by atoms with E-state index in [0.717, 1.165) is 67.3 Å². The zero-order chi connectivity index (χ0) is 20.7. The van der Waals surface area contributed by atoms with Crippen LogP contribution in [0.5, 0.6) is 5.75 Å². The molecule has 0 radical (unpaired) electrons. The Labute approximate surface area is 176 Å². The quantitative estimate of drug-likeness (QED) is 0.671. The first kappa shape index (κ1) is 19.2. The summed E-state index contributed by atoms with van der Waals surface area (Å²) < 4.78 is 7.53. The lowest BCUT2D eigenvalue weighted by Crippen LogP contribution is -2.38. The van der Waals surface area contributed by atoms with Gasteiger partial charge in [-0.25, -0.2) is 19.5 Å². The van der Waals surface area contributed by atoms with Crippen molar-refractivity contribution in [1.29, 1.82) is 0 Å². The molecule has 0 bridgehead atoms. The van der Waals surface area contributed by atoms with Crippen molar-refractivity contribution in [3.63, 3.8) is 0 Å². The number of methoxy groups -OCH3 is 1. The van der Waals surface area contributed by atoms with Gasteiger partial charge in [-0.3, -0.25) is 0 Å². The van der Waals surface area contributed by atoms with Gasteiger partial charge in [-0.05, 0) is 43.7 Å². The van der Waals surface area contributed by atoms with Gasteiger partial charge in [-0.2, -0.15) is 5.10 Å². The summed E-state index contributed by atoms with van der Waals surface area (Å²) in [4.78, 5) is 13.7. The van der Waals surface area contributed by atoms with E-state index in [1.807, 2.05) is 22.8 Å². The molecule has 1 aliphatic heterocycles. The maximum Gasteiger partial charge on any atom is 0.223 e. The van der Waals surface area contributed by atoms with Crippen LogP contribution in [0.2, 0.25) is 0 Å². The Morgan fingerprint density at radius 2 is 2.13 bits per heavy atom. The highest BCUT2D eigenvalue weighted by molar-refractivity contribution is 5.61. The molecule has 1 saturated carbocycles. The molecule has 4 heterocycles. The van der Waals surface area contributed by atoms with Crippen LogP contribution >= 0.6 is 0 Å². The number of hydrogen-bond acceptors (Lipinski definition) is 7. The van der Waals surface area contributed by atoms with Crippen molar-refractivity contribution >= 4 is 11.6 Å². The molecular formula is C22H29N7O. The van der Waals surface area contributed by atoms with Gasteiger partial charge in [-0.15, -0.1) is 0 Å². The highest BCUT2D eigenvalue weighted by Crippen LogP contribution is 2.51. The molecule has 8 nitrogen and oxygen atoms in total. The van der Waals surface area contributed by atoms with E-state index >= 15 is 0 Å². The smallest absolute Gasteiger partial charge is 0.223 e. The van der Waals surface area contributed by atoms with Gasteiger partial charge in [0.15, 0.2) is 5.65 Å². The lowest BCUT2D eigenvalue weighted by molar-refractivity contribution is 0.145. The molecule has 2 fully saturated rings. The molecule has 0 spiro atoms. The molecule has 3 aromatic heterocycles. The van der Waals surface area contributed by atoms with Crippen molar-refractivity contribution in [2.24, 2.45) is 5.41 Å². The molecule has 2 aliphatic rings. The third kappa shape index (κ3) is 3.60. The lowest BCUT2D eigenvalue weighted by atomic mass is 9.63. The van der Waals surface area contributed by atoms with Gasteiger partial charge in [0.25, 0.3) is 0 Å². The van der Waals surface area contributed by atoms with Crippen molar-refractivity contribution in [3.05, 3.63) is 30.2 Å². The molecule has 2 N–H and O–H groups in total. The first-order valence-corrected chi connectivity index (χ1v) is 10.8. The van der Waals surface area contributed by atoms with Gasteiger partial charge >= 0.3 is 0 Å². The molecule has 1 aliphatic carbocycles. The number of nitrogens with one attached hydrogen (secondary N) is 2. The van der Waals surface area contributed by atoms with Gasteiger partial charge in [0.05, 0.1) is 19.0 Å². The van der Waals surface area contributed by atoms with Crippen LogP contribution < -0.4 is 15.4 Å². The Kier molecular flexibility index (Phi) is 4.81. The first-order chi connectivity index (χ1) is 14.5. The van der Waals surface area contributed by atoms with E-state index in [-0.39, 0.29) is 0 Å². The zero-order valence-corrected chi connectivity index (χ0v) is 17.9. The summed E-state index contributed by atoms with van der Waals surface area (Å²) >= 11 is 0. The van der Waals surface area contributed by atoms with Crippen LogP contribution in [-0.4, -0.2) is 50.8 Å². The Balaban J connectivity index is 1.48. The molecule has 1 unspecified atom stereocenters. The Bertz CT molecular complexity index is 1050. The fraction of sp³-hybridized carbons (Fsp3) is 0.545. The van der Waals surface area contributed by atoms with Crippen LogP contribution in [0.25, 0.3) is 17.0 Å². The van der Waals surface area contributed by atoms with Crippen LogP contribution in [0, 0.1) is 5.41 Å². The highest BCUT2D eigenvalue weighted by atomic mass is 16.5. The molecule has 8 heteroatoms. The topological polar surface area (TPSA) is 89.3 Å². The second kappa shape index (κ2) is 7.50. The fourth-order valence-electron chi connectivity index (χ4n) is 4.73. The molecule has 0 aromatic carbocycles. The van der Waals surface area contributed by atoms with Gasteiger partial charge in [0, 0.05) is 30.8 Å². The van der Waals surface area contributed by atoms with Crippen LogP contribution in [0.4, 0.5) is 5.95 Å². The number of piperidine rings is 1. The third-order valence-electron chi connectivity index (χ3n) is 6.24. The molecule has 3 aromatic rings. The van der Waals surface area contributed by atoms with E-state index in [1.165, 1.54) is 0 Å². The number of ether oxygens (including phenoxy) is 1. The fourth-order valence-corrected chi connectivity index (χ4v) is 4.73. The average molecular weight is 408 g/mol. The molecule has 30 heavy (non-hydrogen) atoms. The second-order valence-corrected chi connectivity index (χ2v) is 9.23. The molecule has 5 rings (SSSR count). The molecule has 1 saturated heterocycles. The van der Waals surface area contributed by atoms with E-state index < -0.39 is 0 Å². The number of nitrogens with zero attached hydrogens (tertiary/aromatic N) is 5. The summed E-state index contributed by atoms with van der Waals surface area (Å²) in [5.74, 6) is 1.87. The number of fused-ring (bicyclic) bond motifs is 1. The van der Waals surface area contributed by atoms with Crippen molar-refractivity contribution in [3.8, 4) is 17.1 Å². The molecule has 1 atom stereocenters. The maximum absolute atomic E-state index is 5.64. The van der Waals surface area contributed by atoms with Crippen LogP contribution in [0.15, 0.2) is 24.5 Å². The van der Waals surface area contributed by atoms with Gasteiger partial charge in [-0.1, -0.05) is 13.8 Å². The van der Waals surface area contributed by atoms with Gasteiger partial charge < -0.3 is 15.4 Å². The first-order valence-electron chi connectivity index (χ1n) is 10.8. The van der Waals surface area contributed by atoms with E-state index in [9.17, 15) is 0 Å². The monoisotopic (exact) mass is 407 g/mol. The zero-order valence-electron chi connectivity index (χ0n) is 17.9. The SMILES string of the molecule is COc1cc2ncc(-c3ccnc(NC4CCCNC4)n3)n2nc1C1CC(C)(C)C1. The van der Waals surface area contributed by atoms with Crippen molar-refractivity contribution in [2.45, 2.75) is 51.5 Å². The van der Waals surface area contributed by atoms with Crippen LogP contribution in [-0.2, 0) is 0 Å². The maximum atomic E-state index is 5.64. The van der Waals surface area contributed by atoms with Crippen LogP contribution in [0.3, 0.4) is 0 Å². The van der Waals surface area contributed by atoms with Crippen molar-refractivity contribution in [1.82, 2.24) is 29.9 Å². The number of rotatable bonds is 5. The van der Waals surface area contributed by atoms with Crippen molar-refractivity contribution < 1.29 is 4.74 Å². The Morgan fingerprint density at radius 3 is 2.87 bits per heavy atom. The van der Waals surface area contributed by atoms with E-state index in [2.05, 4.69) is 34.4 Å². The minimum Gasteiger partial charge on any atom is -0.495 e. The van der Waals surface area contributed by atoms with Gasteiger partial charge in [0.2, 0.25) is 5.95 Å². The molecule has 0 amide bonds. The van der Waals surface area contributed by atoms with E-state index in [0.29, 0.717) is 23.3 Å². The number of hydrogen-bond donors (Lipinski definition) is 2. The lowest BCUT2D eigenvalue weighted by Gasteiger charge is -2.42. The minimum atomic E-state index is 0.354. The van der Waals surface area contributed by atoms with Crippen LogP contribution in [0.1, 0.15) is 51.1 Å². The predicted octanol–water partition coefficient (Wildman–Crippen LogP) is 3.26.